The maximum atomic E-state index is 5.78. The molecule has 2 nitrogen and oxygen atoms in total. The molecule has 2 N–H and O–H groups in total. The molecule has 0 aliphatic heterocycles. The van der Waals surface area contributed by atoms with E-state index >= 15 is 0 Å². The van der Waals surface area contributed by atoms with Crippen LogP contribution in [0.1, 0.15) is 6.42 Å². The van der Waals surface area contributed by atoms with Crippen LogP contribution in [0.15, 0.2) is 23.6 Å². The van der Waals surface area contributed by atoms with Crippen molar-refractivity contribution in [3.63, 3.8) is 0 Å². The highest BCUT2D eigenvalue weighted by Gasteiger charge is 2.10. The zero-order valence-electron chi connectivity index (χ0n) is 5.80. The summed E-state index contributed by atoms with van der Waals surface area (Å²) < 4.78 is 4.96. The average Bonchev–Trinajstić information content (AvgIpc) is 1.88. The Hall–Kier alpha value is -0.630. The van der Waals surface area contributed by atoms with Crippen molar-refractivity contribution in [3.8, 4) is 0 Å². The Morgan fingerprint density at radius 2 is 2.50 bits per heavy atom. The molecule has 0 saturated heterocycles. The van der Waals surface area contributed by atoms with Crippen LogP contribution in [0.4, 0.5) is 0 Å². The van der Waals surface area contributed by atoms with Crippen molar-refractivity contribution in [2.75, 3.05) is 7.11 Å². The summed E-state index contributed by atoms with van der Waals surface area (Å²) in [6.45, 7) is 0. The zero-order valence-corrected chi connectivity index (χ0v) is 6.56. The highest BCUT2D eigenvalue weighted by atomic mass is 35.5. The topological polar surface area (TPSA) is 35.2 Å². The normalized spacial score (nSPS) is 25.2. The molecular weight excluding hydrogens is 150 g/mol. The number of halogens is 1. The lowest BCUT2D eigenvalue weighted by atomic mass is 10.1. The molecular formula is C7H10ClNO. The molecule has 56 valence electrons. The summed E-state index contributed by atoms with van der Waals surface area (Å²) in [5, 5.41) is 0.0268. The molecule has 0 spiro atoms. The molecule has 1 unspecified atom stereocenters. The van der Waals surface area contributed by atoms with Crippen LogP contribution < -0.4 is 5.73 Å². The van der Waals surface area contributed by atoms with Crippen LogP contribution in [-0.4, -0.2) is 12.5 Å². The van der Waals surface area contributed by atoms with Gasteiger partial charge < -0.3 is 10.5 Å². The third-order valence-electron chi connectivity index (χ3n) is 1.39. The van der Waals surface area contributed by atoms with Gasteiger partial charge in [-0.15, -0.1) is 11.6 Å². The largest absolute Gasteiger partial charge is 0.495 e. The zero-order chi connectivity index (χ0) is 7.56. The third kappa shape index (κ3) is 1.45. The van der Waals surface area contributed by atoms with Gasteiger partial charge in [-0.05, 0) is 18.6 Å². The lowest BCUT2D eigenvalue weighted by Gasteiger charge is -2.13. The van der Waals surface area contributed by atoms with Gasteiger partial charge >= 0.3 is 0 Å². The first-order chi connectivity index (χ1) is 4.74. The lowest BCUT2D eigenvalue weighted by Crippen LogP contribution is -2.11. The van der Waals surface area contributed by atoms with Crippen molar-refractivity contribution in [2.45, 2.75) is 11.8 Å². The van der Waals surface area contributed by atoms with E-state index in [-0.39, 0.29) is 5.38 Å². The van der Waals surface area contributed by atoms with Gasteiger partial charge in [0.1, 0.15) is 5.76 Å². The average molecular weight is 160 g/mol. The standard InChI is InChI=1S/C7H10ClNO/c1-10-7-3-2-5(8)4-6(7)9/h3-5H,2,9H2,1H3. The Kier molecular flexibility index (Phi) is 2.22. The fraction of sp³-hybridized carbons (Fsp3) is 0.429. The summed E-state index contributed by atoms with van der Waals surface area (Å²) >= 11 is 5.78. The molecule has 0 saturated carbocycles. The van der Waals surface area contributed by atoms with Gasteiger partial charge in [-0.3, -0.25) is 0 Å². The minimum atomic E-state index is 0.0268. The van der Waals surface area contributed by atoms with Crippen LogP contribution in [-0.2, 0) is 4.74 Å². The second-order valence-electron chi connectivity index (χ2n) is 2.15. The maximum Gasteiger partial charge on any atom is 0.137 e. The Balaban J connectivity index is 2.71. The lowest BCUT2D eigenvalue weighted by molar-refractivity contribution is 0.296. The van der Waals surface area contributed by atoms with Crippen molar-refractivity contribution < 1.29 is 4.74 Å². The predicted octanol–water partition coefficient (Wildman–Crippen LogP) is 1.37. The van der Waals surface area contributed by atoms with Crippen LogP contribution >= 0.6 is 11.6 Å². The number of hydrogen-bond acceptors (Lipinski definition) is 2. The van der Waals surface area contributed by atoms with E-state index in [1.165, 1.54) is 0 Å². The molecule has 0 aromatic carbocycles. The molecule has 3 heteroatoms. The summed E-state index contributed by atoms with van der Waals surface area (Å²) in [4.78, 5) is 0. The van der Waals surface area contributed by atoms with Crippen molar-refractivity contribution in [2.24, 2.45) is 5.73 Å². The molecule has 0 amide bonds. The van der Waals surface area contributed by atoms with Crippen LogP contribution in [0.2, 0.25) is 0 Å². The van der Waals surface area contributed by atoms with E-state index in [4.69, 9.17) is 22.1 Å². The molecule has 1 rings (SSSR count). The second kappa shape index (κ2) is 2.97. The molecule has 0 aromatic heterocycles. The summed E-state index contributed by atoms with van der Waals surface area (Å²) in [5.41, 5.74) is 6.20. The van der Waals surface area contributed by atoms with E-state index < -0.39 is 0 Å². The predicted molar refractivity (Wildman–Crippen MR) is 41.6 cm³/mol. The van der Waals surface area contributed by atoms with Gasteiger partial charge in [0.15, 0.2) is 0 Å². The van der Waals surface area contributed by atoms with Gasteiger partial charge in [0, 0.05) is 0 Å². The third-order valence-corrected chi connectivity index (χ3v) is 1.70. The Bertz CT molecular complexity index is 186. The van der Waals surface area contributed by atoms with E-state index in [0.717, 1.165) is 12.2 Å². The molecule has 0 bridgehead atoms. The van der Waals surface area contributed by atoms with Crippen molar-refractivity contribution in [1.29, 1.82) is 0 Å². The highest BCUT2D eigenvalue weighted by molar-refractivity contribution is 6.22. The number of ether oxygens (including phenoxy) is 1. The minimum absolute atomic E-state index is 0.0268. The summed E-state index contributed by atoms with van der Waals surface area (Å²) in [6.07, 6.45) is 4.48. The van der Waals surface area contributed by atoms with Gasteiger partial charge in [-0.2, -0.15) is 0 Å². The first-order valence-corrected chi connectivity index (χ1v) is 3.53. The Labute approximate surface area is 65.3 Å². The van der Waals surface area contributed by atoms with E-state index in [1.807, 2.05) is 6.08 Å². The maximum absolute atomic E-state index is 5.78. The number of rotatable bonds is 1. The van der Waals surface area contributed by atoms with Gasteiger partial charge in [-0.25, -0.2) is 0 Å². The molecule has 0 heterocycles. The summed E-state index contributed by atoms with van der Waals surface area (Å²) in [6, 6.07) is 0. The summed E-state index contributed by atoms with van der Waals surface area (Å²) in [5.74, 6) is 0.733. The molecule has 1 aliphatic carbocycles. The quantitative estimate of drug-likeness (QED) is 0.587. The number of nitrogens with two attached hydrogens (primary N) is 1. The van der Waals surface area contributed by atoms with Crippen molar-refractivity contribution >= 4 is 11.6 Å². The number of alkyl halides is 1. The van der Waals surface area contributed by atoms with Crippen LogP contribution in [0.25, 0.3) is 0 Å². The van der Waals surface area contributed by atoms with Gasteiger partial charge in [0.05, 0.1) is 18.2 Å². The molecule has 1 atom stereocenters. The van der Waals surface area contributed by atoms with E-state index in [1.54, 1.807) is 13.2 Å². The first-order valence-electron chi connectivity index (χ1n) is 3.10. The second-order valence-corrected chi connectivity index (χ2v) is 2.71. The number of methoxy groups -OCH3 is 1. The van der Waals surface area contributed by atoms with Crippen molar-refractivity contribution in [3.05, 3.63) is 23.6 Å². The number of allylic oxidation sites excluding steroid dienone is 2. The Morgan fingerprint density at radius 3 is 3.00 bits per heavy atom. The first kappa shape index (κ1) is 7.48. The minimum Gasteiger partial charge on any atom is -0.495 e. The highest BCUT2D eigenvalue weighted by Crippen LogP contribution is 2.18. The molecule has 0 aromatic rings. The van der Waals surface area contributed by atoms with E-state index in [0.29, 0.717) is 5.70 Å². The fourth-order valence-corrected chi connectivity index (χ4v) is 1.11. The Morgan fingerprint density at radius 1 is 1.80 bits per heavy atom. The van der Waals surface area contributed by atoms with Crippen LogP contribution in [0.3, 0.4) is 0 Å². The van der Waals surface area contributed by atoms with E-state index in [9.17, 15) is 0 Å². The van der Waals surface area contributed by atoms with Crippen LogP contribution in [0, 0.1) is 0 Å². The summed E-state index contributed by atoms with van der Waals surface area (Å²) in [7, 11) is 1.60. The van der Waals surface area contributed by atoms with Crippen LogP contribution in [0.5, 0.6) is 0 Å². The van der Waals surface area contributed by atoms with Gasteiger partial charge in [-0.1, -0.05) is 0 Å². The molecule has 1 aliphatic rings. The smallest absolute Gasteiger partial charge is 0.137 e. The van der Waals surface area contributed by atoms with E-state index in [2.05, 4.69) is 0 Å². The van der Waals surface area contributed by atoms with Gasteiger partial charge in [0.2, 0.25) is 0 Å². The molecule has 0 radical (unpaired) electrons. The SMILES string of the molecule is COC1=CCC(Cl)C=C1N. The fourth-order valence-electron chi connectivity index (χ4n) is 0.884. The molecule has 0 fully saturated rings. The number of hydrogen-bond donors (Lipinski definition) is 1. The monoisotopic (exact) mass is 159 g/mol. The van der Waals surface area contributed by atoms with Gasteiger partial charge in [0.25, 0.3) is 0 Å². The van der Waals surface area contributed by atoms with Crippen molar-refractivity contribution in [1.82, 2.24) is 0 Å². The molecule has 10 heavy (non-hydrogen) atoms.